The van der Waals surface area contributed by atoms with E-state index in [1.54, 1.807) is 38.4 Å². The number of amides is 2. The molecular weight excluding hydrogens is 392 g/mol. The molecule has 1 aliphatic heterocycles. The predicted octanol–water partition coefficient (Wildman–Crippen LogP) is 2.79. The molecule has 0 fully saturated rings. The topological polar surface area (TPSA) is 83.0 Å². The van der Waals surface area contributed by atoms with Gasteiger partial charge in [-0.1, -0.05) is 24.3 Å². The van der Waals surface area contributed by atoms with Crippen molar-refractivity contribution in [2.45, 2.75) is 26.2 Å². The number of hydrogen-bond acceptors (Lipinski definition) is 4. The number of rotatable bonds is 9. The van der Waals surface area contributed by atoms with E-state index in [2.05, 4.69) is 33.8 Å². The van der Waals surface area contributed by atoms with Gasteiger partial charge in [0.25, 0.3) is 11.8 Å². The molecule has 1 heterocycles. The maximum atomic E-state index is 12.4. The first-order chi connectivity index (χ1) is 15.0. The van der Waals surface area contributed by atoms with E-state index in [-0.39, 0.29) is 11.8 Å². The standard InChI is InChI=1S/C24H30N4O3/c1-17-10-11-18(16-21(17)31-3)12-14-27-24(25-2)26-13-6-7-15-28-22(29)19-8-4-5-9-20(19)23(28)30/h4-5,8-11,16H,6-7,12-15H2,1-3H3,(H2,25,26,27). The average Bonchev–Trinajstić information content (AvgIpc) is 3.03. The van der Waals surface area contributed by atoms with Crippen molar-refractivity contribution in [3.05, 3.63) is 64.7 Å². The Hall–Kier alpha value is -3.35. The number of benzene rings is 2. The second-order valence-electron chi connectivity index (χ2n) is 7.49. The van der Waals surface area contributed by atoms with Gasteiger partial charge in [-0.2, -0.15) is 0 Å². The molecule has 0 saturated carbocycles. The van der Waals surface area contributed by atoms with Gasteiger partial charge in [0, 0.05) is 26.7 Å². The van der Waals surface area contributed by atoms with Crippen LogP contribution in [0, 0.1) is 6.92 Å². The molecule has 0 aromatic heterocycles. The normalized spacial score (nSPS) is 13.4. The molecule has 31 heavy (non-hydrogen) atoms. The summed E-state index contributed by atoms with van der Waals surface area (Å²) >= 11 is 0. The number of guanidine groups is 1. The largest absolute Gasteiger partial charge is 0.496 e. The molecule has 0 atom stereocenters. The zero-order chi connectivity index (χ0) is 22.2. The minimum Gasteiger partial charge on any atom is -0.496 e. The van der Waals surface area contributed by atoms with Gasteiger partial charge in [0.2, 0.25) is 0 Å². The van der Waals surface area contributed by atoms with Gasteiger partial charge in [-0.25, -0.2) is 0 Å². The summed E-state index contributed by atoms with van der Waals surface area (Å²) in [5.41, 5.74) is 3.33. The van der Waals surface area contributed by atoms with Crippen molar-refractivity contribution < 1.29 is 14.3 Å². The number of aryl methyl sites for hydroxylation is 1. The van der Waals surface area contributed by atoms with E-state index in [9.17, 15) is 9.59 Å². The Morgan fingerprint density at radius 3 is 2.32 bits per heavy atom. The summed E-state index contributed by atoms with van der Waals surface area (Å²) in [4.78, 5) is 30.3. The summed E-state index contributed by atoms with van der Waals surface area (Å²) in [5.74, 6) is 1.25. The van der Waals surface area contributed by atoms with E-state index in [4.69, 9.17) is 4.74 Å². The van der Waals surface area contributed by atoms with E-state index >= 15 is 0 Å². The van der Waals surface area contributed by atoms with Crippen LogP contribution in [0.4, 0.5) is 0 Å². The van der Waals surface area contributed by atoms with Gasteiger partial charge in [-0.15, -0.1) is 0 Å². The van der Waals surface area contributed by atoms with Crippen molar-refractivity contribution in [1.29, 1.82) is 0 Å². The van der Waals surface area contributed by atoms with Crippen molar-refractivity contribution >= 4 is 17.8 Å². The van der Waals surface area contributed by atoms with Crippen LogP contribution < -0.4 is 15.4 Å². The van der Waals surface area contributed by atoms with E-state index in [0.717, 1.165) is 43.1 Å². The highest BCUT2D eigenvalue weighted by Crippen LogP contribution is 2.22. The Morgan fingerprint density at radius 2 is 1.68 bits per heavy atom. The van der Waals surface area contributed by atoms with Crippen LogP contribution in [0.25, 0.3) is 0 Å². The summed E-state index contributed by atoms with van der Waals surface area (Å²) in [6, 6.07) is 13.2. The Morgan fingerprint density at radius 1 is 1.00 bits per heavy atom. The molecule has 0 spiro atoms. The number of nitrogens with zero attached hydrogens (tertiary/aromatic N) is 2. The van der Waals surface area contributed by atoms with Gasteiger partial charge in [0.1, 0.15) is 5.75 Å². The summed E-state index contributed by atoms with van der Waals surface area (Å²) in [7, 11) is 3.42. The fourth-order valence-electron chi connectivity index (χ4n) is 3.61. The SMILES string of the molecule is CN=C(NCCCCN1C(=O)c2ccccc2C1=O)NCCc1ccc(C)c(OC)c1. The number of imide groups is 1. The van der Waals surface area contributed by atoms with Gasteiger partial charge in [0.15, 0.2) is 5.96 Å². The fraction of sp³-hybridized carbons (Fsp3) is 0.375. The van der Waals surface area contributed by atoms with E-state index in [0.29, 0.717) is 24.2 Å². The molecular formula is C24H30N4O3. The second-order valence-corrected chi connectivity index (χ2v) is 7.49. The maximum absolute atomic E-state index is 12.4. The van der Waals surface area contributed by atoms with Crippen LogP contribution in [0.1, 0.15) is 44.7 Å². The van der Waals surface area contributed by atoms with E-state index in [1.807, 2.05) is 6.92 Å². The molecule has 0 radical (unpaired) electrons. The Bertz CT molecular complexity index is 936. The summed E-state index contributed by atoms with van der Waals surface area (Å²) in [5, 5.41) is 6.59. The molecule has 3 rings (SSSR count). The molecule has 2 N–H and O–H groups in total. The smallest absolute Gasteiger partial charge is 0.261 e. The third-order valence-electron chi connectivity index (χ3n) is 5.38. The zero-order valence-corrected chi connectivity index (χ0v) is 18.4. The van der Waals surface area contributed by atoms with Crippen LogP contribution in [-0.2, 0) is 6.42 Å². The molecule has 0 saturated heterocycles. The van der Waals surface area contributed by atoms with Crippen molar-refractivity contribution in [3.8, 4) is 5.75 Å². The van der Waals surface area contributed by atoms with E-state index in [1.165, 1.54) is 10.5 Å². The van der Waals surface area contributed by atoms with Gasteiger partial charge < -0.3 is 15.4 Å². The lowest BCUT2D eigenvalue weighted by molar-refractivity contribution is 0.0652. The Labute approximate surface area is 183 Å². The number of methoxy groups -OCH3 is 1. The highest BCUT2D eigenvalue weighted by atomic mass is 16.5. The van der Waals surface area contributed by atoms with Gasteiger partial charge >= 0.3 is 0 Å². The van der Waals surface area contributed by atoms with Crippen molar-refractivity contribution in [2.75, 3.05) is 33.8 Å². The Kier molecular flexibility index (Phi) is 7.65. The van der Waals surface area contributed by atoms with Crippen LogP contribution in [0.5, 0.6) is 5.75 Å². The number of aliphatic imine (C=N–C) groups is 1. The van der Waals surface area contributed by atoms with Crippen LogP contribution in [0.2, 0.25) is 0 Å². The highest BCUT2D eigenvalue weighted by molar-refractivity contribution is 6.21. The summed E-state index contributed by atoms with van der Waals surface area (Å²) in [6.07, 6.45) is 2.42. The van der Waals surface area contributed by atoms with Crippen LogP contribution in [-0.4, -0.2) is 56.5 Å². The first-order valence-electron chi connectivity index (χ1n) is 10.6. The molecule has 0 bridgehead atoms. The molecule has 164 valence electrons. The fourth-order valence-corrected chi connectivity index (χ4v) is 3.61. The van der Waals surface area contributed by atoms with Crippen molar-refractivity contribution in [3.63, 3.8) is 0 Å². The number of hydrogen-bond donors (Lipinski definition) is 2. The molecule has 0 aliphatic carbocycles. The first kappa shape index (κ1) is 22.3. The molecule has 0 unspecified atom stereocenters. The number of carbonyl (C=O) groups excluding carboxylic acids is 2. The monoisotopic (exact) mass is 422 g/mol. The average molecular weight is 423 g/mol. The number of ether oxygens (including phenoxy) is 1. The molecule has 7 heteroatoms. The second kappa shape index (κ2) is 10.6. The molecule has 2 aromatic rings. The molecule has 2 aromatic carbocycles. The van der Waals surface area contributed by atoms with Crippen molar-refractivity contribution in [2.24, 2.45) is 4.99 Å². The number of unbranched alkanes of at least 4 members (excludes halogenated alkanes) is 1. The lowest BCUT2D eigenvalue weighted by Crippen LogP contribution is -2.39. The first-order valence-corrected chi connectivity index (χ1v) is 10.6. The lowest BCUT2D eigenvalue weighted by Gasteiger charge is -2.15. The maximum Gasteiger partial charge on any atom is 0.261 e. The van der Waals surface area contributed by atoms with Gasteiger partial charge in [-0.3, -0.25) is 19.5 Å². The van der Waals surface area contributed by atoms with Gasteiger partial charge in [-0.05, 0) is 55.5 Å². The number of carbonyl (C=O) groups is 2. The molecule has 1 aliphatic rings. The lowest BCUT2D eigenvalue weighted by atomic mass is 10.1. The Balaban J connectivity index is 1.35. The third kappa shape index (κ3) is 5.42. The van der Waals surface area contributed by atoms with E-state index < -0.39 is 0 Å². The summed E-state index contributed by atoms with van der Waals surface area (Å²) in [6.45, 7) is 3.92. The van der Waals surface area contributed by atoms with Crippen LogP contribution in [0.3, 0.4) is 0 Å². The number of nitrogens with one attached hydrogen (secondary N) is 2. The van der Waals surface area contributed by atoms with Crippen molar-refractivity contribution in [1.82, 2.24) is 15.5 Å². The summed E-state index contributed by atoms with van der Waals surface area (Å²) < 4.78 is 5.38. The van der Waals surface area contributed by atoms with Crippen LogP contribution >= 0.6 is 0 Å². The number of fused-ring (bicyclic) bond motifs is 1. The third-order valence-corrected chi connectivity index (χ3v) is 5.38. The van der Waals surface area contributed by atoms with Gasteiger partial charge in [0.05, 0.1) is 18.2 Å². The van der Waals surface area contributed by atoms with Crippen LogP contribution in [0.15, 0.2) is 47.5 Å². The quantitative estimate of drug-likeness (QED) is 0.281. The zero-order valence-electron chi connectivity index (χ0n) is 18.4. The predicted molar refractivity (Wildman–Crippen MR) is 122 cm³/mol. The molecule has 7 nitrogen and oxygen atoms in total. The highest BCUT2D eigenvalue weighted by Gasteiger charge is 2.34. The minimum atomic E-state index is -0.196. The minimum absolute atomic E-state index is 0.196. The molecule has 2 amide bonds.